The summed E-state index contributed by atoms with van der Waals surface area (Å²) in [5.74, 6) is 1.77. The molecule has 82 valence electrons. The number of para-hydroxylation sites is 1. The van der Waals surface area contributed by atoms with Crippen LogP contribution in [0, 0.1) is 11.8 Å². The Morgan fingerprint density at radius 1 is 1.31 bits per heavy atom. The molecule has 2 heteroatoms. The molecule has 2 unspecified atom stereocenters. The van der Waals surface area contributed by atoms with Gasteiger partial charge in [-0.2, -0.15) is 0 Å². The average molecular weight is 212 g/mol. The molecular weight excluding hydrogens is 196 g/mol. The van der Waals surface area contributed by atoms with Crippen LogP contribution in [0.5, 0.6) is 0 Å². The molecule has 3 rings (SSSR count). The molecule has 1 aliphatic rings. The number of hydrogen-bond donors (Lipinski definition) is 1. The van der Waals surface area contributed by atoms with Crippen molar-refractivity contribution in [2.75, 3.05) is 11.9 Å². The maximum atomic E-state index is 4.36. The second kappa shape index (κ2) is 3.78. The standard InChI is InChI=1S/C14H16N2/c1-10-8-11(10)9-16-14-6-7-15-13-5-3-2-4-12(13)14/h2-7,10-11H,8-9H2,1H3,(H,15,16). The SMILES string of the molecule is CC1CC1CNc1ccnc2ccccc12. The highest BCUT2D eigenvalue weighted by Gasteiger charge is 2.31. The molecule has 0 radical (unpaired) electrons. The van der Waals surface area contributed by atoms with E-state index < -0.39 is 0 Å². The van der Waals surface area contributed by atoms with E-state index in [-0.39, 0.29) is 0 Å². The topological polar surface area (TPSA) is 24.9 Å². The predicted molar refractivity (Wildman–Crippen MR) is 67.5 cm³/mol. The zero-order chi connectivity index (χ0) is 11.0. The molecule has 1 aromatic carbocycles. The first-order valence-electron chi connectivity index (χ1n) is 5.92. The molecule has 2 atom stereocenters. The van der Waals surface area contributed by atoms with Crippen LogP contribution in [0.2, 0.25) is 0 Å². The van der Waals surface area contributed by atoms with Gasteiger partial charge in [-0.1, -0.05) is 25.1 Å². The van der Waals surface area contributed by atoms with Crippen molar-refractivity contribution in [3.63, 3.8) is 0 Å². The Hall–Kier alpha value is -1.57. The third-order valence-corrected chi connectivity index (χ3v) is 3.48. The van der Waals surface area contributed by atoms with Gasteiger partial charge in [0.05, 0.1) is 5.52 Å². The molecule has 0 spiro atoms. The molecule has 1 N–H and O–H groups in total. The smallest absolute Gasteiger partial charge is 0.0722 e. The summed E-state index contributed by atoms with van der Waals surface area (Å²) in [4.78, 5) is 4.36. The Morgan fingerprint density at radius 3 is 2.94 bits per heavy atom. The highest BCUT2D eigenvalue weighted by molar-refractivity contribution is 5.90. The van der Waals surface area contributed by atoms with Gasteiger partial charge in [-0.15, -0.1) is 0 Å². The molecule has 0 bridgehead atoms. The maximum absolute atomic E-state index is 4.36. The Bertz CT molecular complexity index is 502. The van der Waals surface area contributed by atoms with Gasteiger partial charge in [0.15, 0.2) is 0 Å². The van der Waals surface area contributed by atoms with Gasteiger partial charge in [0.1, 0.15) is 0 Å². The summed E-state index contributed by atoms with van der Waals surface area (Å²) in [6, 6.07) is 10.3. The molecule has 0 aliphatic heterocycles. The van der Waals surface area contributed by atoms with E-state index in [9.17, 15) is 0 Å². The van der Waals surface area contributed by atoms with Gasteiger partial charge in [0, 0.05) is 23.8 Å². The molecule has 0 saturated heterocycles. The molecule has 16 heavy (non-hydrogen) atoms. The highest BCUT2D eigenvalue weighted by Crippen LogP contribution is 2.37. The second-order valence-corrected chi connectivity index (χ2v) is 4.73. The van der Waals surface area contributed by atoms with Crippen molar-refractivity contribution in [1.82, 2.24) is 4.98 Å². The molecular formula is C14H16N2. The number of fused-ring (bicyclic) bond motifs is 1. The summed E-state index contributed by atoms with van der Waals surface area (Å²) in [6.45, 7) is 3.41. The van der Waals surface area contributed by atoms with E-state index >= 15 is 0 Å². The third kappa shape index (κ3) is 1.75. The van der Waals surface area contributed by atoms with E-state index in [1.54, 1.807) is 0 Å². The fraction of sp³-hybridized carbons (Fsp3) is 0.357. The minimum Gasteiger partial charge on any atom is -0.384 e. The largest absolute Gasteiger partial charge is 0.384 e. The van der Waals surface area contributed by atoms with Crippen LogP contribution in [-0.4, -0.2) is 11.5 Å². The Labute approximate surface area is 95.7 Å². The lowest BCUT2D eigenvalue weighted by atomic mass is 10.2. The number of rotatable bonds is 3. The summed E-state index contributed by atoms with van der Waals surface area (Å²) >= 11 is 0. The third-order valence-electron chi connectivity index (χ3n) is 3.48. The first kappa shape index (κ1) is 9.64. The number of aromatic nitrogens is 1. The van der Waals surface area contributed by atoms with Gasteiger partial charge >= 0.3 is 0 Å². The van der Waals surface area contributed by atoms with Gasteiger partial charge < -0.3 is 5.32 Å². The van der Waals surface area contributed by atoms with Gasteiger partial charge in [0.25, 0.3) is 0 Å². The van der Waals surface area contributed by atoms with Crippen molar-refractivity contribution < 1.29 is 0 Å². The van der Waals surface area contributed by atoms with Crippen LogP contribution in [-0.2, 0) is 0 Å². The molecule has 1 saturated carbocycles. The van der Waals surface area contributed by atoms with Crippen molar-refractivity contribution in [2.45, 2.75) is 13.3 Å². The van der Waals surface area contributed by atoms with Crippen LogP contribution in [0.4, 0.5) is 5.69 Å². The van der Waals surface area contributed by atoms with Crippen molar-refractivity contribution >= 4 is 16.6 Å². The minimum absolute atomic E-state index is 0.868. The number of benzene rings is 1. The molecule has 0 amide bonds. The normalized spacial score (nSPS) is 23.3. The van der Waals surface area contributed by atoms with Gasteiger partial charge in [-0.05, 0) is 30.4 Å². The molecule has 2 aromatic rings. The maximum Gasteiger partial charge on any atom is 0.0722 e. The minimum atomic E-state index is 0.868. The number of nitrogens with one attached hydrogen (secondary N) is 1. The second-order valence-electron chi connectivity index (χ2n) is 4.73. The first-order chi connectivity index (χ1) is 7.84. The number of nitrogens with zero attached hydrogens (tertiary/aromatic N) is 1. The van der Waals surface area contributed by atoms with Gasteiger partial charge in [-0.25, -0.2) is 0 Å². The zero-order valence-electron chi connectivity index (χ0n) is 9.48. The van der Waals surface area contributed by atoms with E-state index in [2.05, 4.69) is 41.5 Å². The van der Waals surface area contributed by atoms with Crippen molar-refractivity contribution in [2.24, 2.45) is 11.8 Å². The Morgan fingerprint density at radius 2 is 2.12 bits per heavy atom. The predicted octanol–water partition coefficient (Wildman–Crippen LogP) is 3.30. The van der Waals surface area contributed by atoms with Crippen LogP contribution in [0.25, 0.3) is 10.9 Å². The molecule has 1 aromatic heterocycles. The first-order valence-corrected chi connectivity index (χ1v) is 5.92. The van der Waals surface area contributed by atoms with E-state index in [1.165, 1.54) is 17.5 Å². The quantitative estimate of drug-likeness (QED) is 0.844. The summed E-state index contributed by atoms with van der Waals surface area (Å²) in [7, 11) is 0. The number of anilines is 1. The van der Waals surface area contributed by atoms with Crippen LogP contribution < -0.4 is 5.32 Å². The zero-order valence-corrected chi connectivity index (χ0v) is 9.48. The monoisotopic (exact) mass is 212 g/mol. The molecule has 1 aliphatic carbocycles. The van der Waals surface area contributed by atoms with Crippen molar-refractivity contribution in [3.05, 3.63) is 36.5 Å². The summed E-state index contributed by atoms with van der Waals surface area (Å²) in [5.41, 5.74) is 2.28. The number of pyridine rings is 1. The number of hydrogen-bond acceptors (Lipinski definition) is 2. The van der Waals surface area contributed by atoms with Crippen LogP contribution in [0.1, 0.15) is 13.3 Å². The fourth-order valence-corrected chi connectivity index (χ4v) is 2.17. The Kier molecular flexibility index (Phi) is 2.28. The van der Waals surface area contributed by atoms with E-state index in [4.69, 9.17) is 0 Å². The Balaban J connectivity index is 1.85. The van der Waals surface area contributed by atoms with Crippen molar-refractivity contribution in [1.29, 1.82) is 0 Å². The van der Waals surface area contributed by atoms with Gasteiger partial charge in [0.2, 0.25) is 0 Å². The van der Waals surface area contributed by atoms with Crippen LogP contribution in [0.3, 0.4) is 0 Å². The van der Waals surface area contributed by atoms with Crippen molar-refractivity contribution in [3.8, 4) is 0 Å². The molecule has 2 nitrogen and oxygen atoms in total. The fourth-order valence-electron chi connectivity index (χ4n) is 2.17. The lowest BCUT2D eigenvalue weighted by molar-refractivity contribution is 0.787. The average Bonchev–Trinajstić information content (AvgIpc) is 3.03. The summed E-state index contributed by atoms with van der Waals surface area (Å²) in [6.07, 6.45) is 3.25. The van der Waals surface area contributed by atoms with E-state index in [0.717, 1.165) is 23.9 Å². The summed E-state index contributed by atoms with van der Waals surface area (Å²) < 4.78 is 0. The van der Waals surface area contributed by atoms with E-state index in [0.29, 0.717) is 0 Å². The molecule has 1 fully saturated rings. The molecule has 1 heterocycles. The lowest BCUT2D eigenvalue weighted by Crippen LogP contribution is -2.04. The highest BCUT2D eigenvalue weighted by atomic mass is 14.9. The lowest BCUT2D eigenvalue weighted by Gasteiger charge is -2.08. The van der Waals surface area contributed by atoms with Crippen LogP contribution in [0.15, 0.2) is 36.5 Å². The van der Waals surface area contributed by atoms with Crippen LogP contribution >= 0.6 is 0 Å². The summed E-state index contributed by atoms with van der Waals surface area (Å²) in [5, 5.41) is 4.76. The van der Waals surface area contributed by atoms with Gasteiger partial charge in [-0.3, -0.25) is 4.98 Å². The van der Waals surface area contributed by atoms with E-state index in [1.807, 2.05) is 12.3 Å².